The maximum Gasteiger partial charge on any atom is 0.170 e. The highest BCUT2D eigenvalue weighted by Gasteiger charge is 2.51. The van der Waals surface area contributed by atoms with Gasteiger partial charge in [-0.05, 0) is 51.9 Å². The van der Waals surface area contributed by atoms with Gasteiger partial charge in [0.15, 0.2) is 5.78 Å². The maximum atomic E-state index is 13.6. The fourth-order valence-corrected chi connectivity index (χ4v) is 3.14. The number of Topliss-reactive ketones (excluding diaryl/α,β-unsaturated/α-hetero) is 1. The molecule has 0 radical (unpaired) electrons. The van der Waals surface area contributed by atoms with Crippen LogP contribution >= 0.6 is 0 Å². The quantitative estimate of drug-likeness (QED) is 0.472. The molecule has 25 heavy (non-hydrogen) atoms. The Kier molecular flexibility index (Phi) is 7.95. The number of ether oxygens (including phenoxy) is 2. The Morgan fingerprint density at radius 3 is 1.56 bits per heavy atom. The molecule has 0 aliphatic rings. The second-order valence-electron chi connectivity index (χ2n) is 10.9. The van der Waals surface area contributed by atoms with Crippen molar-refractivity contribution in [3.8, 4) is 0 Å². The lowest BCUT2D eigenvalue weighted by Crippen LogP contribution is -2.53. The minimum Gasteiger partial charge on any atom is -0.373 e. The lowest BCUT2D eigenvalue weighted by molar-refractivity contribution is -0.162. The van der Waals surface area contributed by atoms with Crippen molar-refractivity contribution in [3.05, 3.63) is 0 Å². The van der Waals surface area contributed by atoms with E-state index in [1.54, 1.807) is 0 Å². The Morgan fingerprint density at radius 1 is 0.760 bits per heavy atom. The number of ketones is 1. The monoisotopic (exact) mass is 356 g/mol. The second-order valence-corrected chi connectivity index (χ2v) is 10.9. The number of carbonyl (C=O) groups excluding carboxylic acids is 1. The number of rotatable bonds is 9. The van der Waals surface area contributed by atoms with Crippen molar-refractivity contribution in [2.24, 2.45) is 16.2 Å². The van der Waals surface area contributed by atoms with Crippen LogP contribution in [0.5, 0.6) is 0 Å². The van der Waals surface area contributed by atoms with Crippen LogP contribution in [-0.4, -0.2) is 30.2 Å². The summed E-state index contributed by atoms with van der Waals surface area (Å²) in [7, 11) is 0. The van der Waals surface area contributed by atoms with Gasteiger partial charge in [-0.1, -0.05) is 54.9 Å². The summed E-state index contributed by atoms with van der Waals surface area (Å²) in [5, 5.41) is 0. The van der Waals surface area contributed by atoms with Crippen LogP contribution in [0.1, 0.15) is 95.9 Å². The van der Waals surface area contributed by atoms with Crippen molar-refractivity contribution in [2.45, 2.75) is 107 Å². The molecule has 0 rings (SSSR count). The molecule has 0 aliphatic heterocycles. The molecule has 0 aliphatic carbocycles. The van der Waals surface area contributed by atoms with Crippen LogP contribution in [0.15, 0.2) is 0 Å². The molecular formula is C22H44O3. The van der Waals surface area contributed by atoms with Crippen LogP contribution in [0.3, 0.4) is 0 Å². The van der Waals surface area contributed by atoms with Crippen molar-refractivity contribution in [1.29, 1.82) is 0 Å². The molecule has 0 aromatic heterocycles. The van der Waals surface area contributed by atoms with Gasteiger partial charge in [0.2, 0.25) is 0 Å². The first kappa shape index (κ1) is 24.6. The molecule has 0 heterocycles. The van der Waals surface area contributed by atoms with E-state index in [0.29, 0.717) is 13.2 Å². The maximum absolute atomic E-state index is 13.6. The first-order valence-electron chi connectivity index (χ1n) is 9.71. The molecule has 0 amide bonds. The lowest BCUT2D eigenvalue weighted by atomic mass is 9.56. The van der Waals surface area contributed by atoms with Crippen LogP contribution in [0.25, 0.3) is 0 Å². The van der Waals surface area contributed by atoms with E-state index in [2.05, 4.69) is 48.5 Å². The molecule has 0 aromatic rings. The Labute approximate surface area is 157 Å². The predicted octanol–water partition coefficient (Wildman–Crippen LogP) is 6.04. The SMILES string of the molecule is CCC(C)(C)CC(C)(C(=O)C(C)(C)OCCOC(C)(C)C)C(C)(C)C. The molecule has 0 saturated heterocycles. The summed E-state index contributed by atoms with van der Waals surface area (Å²) in [6.07, 6.45) is 1.90. The van der Waals surface area contributed by atoms with E-state index >= 15 is 0 Å². The third-order valence-corrected chi connectivity index (χ3v) is 5.57. The predicted molar refractivity (Wildman–Crippen MR) is 107 cm³/mol. The topological polar surface area (TPSA) is 35.5 Å². The van der Waals surface area contributed by atoms with Gasteiger partial charge in [0.05, 0.1) is 18.8 Å². The molecule has 0 aromatic carbocycles. The van der Waals surface area contributed by atoms with E-state index < -0.39 is 11.0 Å². The first-order chi connectivity index (χ1) is 10.9. The van der Waals surface area contributed by atoms with E-state index in [9.17, 15) is 4.79 Å². The molecule has 3 nitrogen and oxygen atoms in total. The molecular weight excluding hydrogens is 312 g/mol. The van der Waals surface area contributed by atoms with Gasteiger partial charge in [0, 0.05) is 5.41 Å². The molecule has 1 atom stereocenters. The largest absolute Gasteiger partial charge is 0.373 e. The Morgan fingerprint density at radius 2 is 1.20 bits per heavy atom. The minimum absolute atomic E-state index is 0.114. The van der Waals surface area contributed by atoms with E-state index in [1.165, 1.54) is 0 Å². The third-order valence-electron chi connectivity index (χ3n) is 5.57. The van der Waals surface area contributed by atoms with Crippen molar-refractivity contribution in [3.63, 3.8) is 0 Å². The highest BCUT2D eigenvalue weighted by molar-refractivity contribution is 5.92. The van der Waals surface area contributed by atoms with Crippen LogP contribution in [0, 0.1) is 16.2 Å². The summed E-state index contributed by atoms with van der Waals surface area (Å²) in [5.41, 5.74) is -1.50. The zero-order valence-electron chi connectivity index (χ0n) is 19.1. The highest BCUT2D eigenvalue weighted by atomic mass is 16.5. The first-order valence-corrected chi connectivity index (χ1v) is 9.71. The molecule has 3 heteroatoms. The number of carbonyl (C=O) groups is 1. The van der Waals surface area contributed by atoms with Gasteiger partial charge in [-0.25, -0.2) is 0 Å². The van der Waals surface area contributed by atoms with Crippen LogP contribution < -0.4 is 0 Å². The highest BCUT2D eigenvalue weighted by Crippen LogP contribution is 2.50. The van der Waals surface area contributed by atoms with Crippen LogP contribution in [0.2, 0.25) is 0 Å². The van der Waals surface area contributed by atoms with Crippen molar-refractivity contribution in [1.82, 2.24) is 0 Å². The van der Waals surface area contributed by atoms with Crippen molar-refractivity contribution < 1.29 is 14.3 Å². The fourth-order valence-electron chi connectivity index (χ4n) is 3.14. The molecule has 0 spiro atoms. The summed E-state index contributed by atoms with van der Waals surface area (Å²) in [4.78, 5) is 13.6. The van der Waals surface area contributed by atoms with Gasteiger partial charge in [-0.2, -0.15) is 0 Å². The third kappa shape index (κ3) is 7.38. The minimum atomic E-state index is -0.826. The summed E-state index contributed by atoms with van der Waals surface area (Å²) in [5.74, 6) is 0.185. The van der Waals surface area contributed by atoms with E-state index in [-0.39, 0.29) is 22.2 Å². The van der Waals surface area contributed by atoms with E-state index in [1.807, 2.05) is 34.6 Å². The zero-order chi connectivity index (χ0) is 20.3. The van der Waals surface area contributed by atoms with Crippen LogP contribution in [-0.2, 0) is 14.3 Å². The van der Waals surface area contributed by atoms with E-state index in [4.69, 9.17) is 9.47 Å². The second kappa shape index (κ2) is 8.08. The lowest BCUT2D eigenvalue weighted by Gasteiger charge is -2.48. The molecule has 150 valence electrons. The molecule has 0 saturated carbocycles. The van der Waals surface area contributed by atoms with Crippen molar-refractivity contribution in [2.75, 3.05) is 13.2 Å². The summed E-state index contributed by atoms with van der Waals surface area (Å²) < 4.78 is 11.7. The van der Waals surface area contributed by atoms with Gasteiger partial charge in [-0.15, -0.1) is 0 Å². The Bertz CT molecular complexity index is 435. The van der Waals surface area contributed by atoms with Gasteiger partial charge in [0.25, 0.3) is 0 Å². The summed E-state index contributed by atoms with van der Waals surface area (Å²) in [6.45, 7) is 26.1. The average molecular weight is 357 g/mol. The van der Waals surface area contributed by atoms with Gasteiger partial charge in [-0.3, -0.25) is 4.79 Å². The number of hydrogen-bond donors (Lipinski definition) is 0. The zero-order valence-corrected chi connectivity index (χ0v) is 19.1. The van der Waals surface area contributed by atoms with Gasteiger partial charge < -0.3 is 9.47 Å². The Hall–Kier alpha value is -0.410. The molecule has 0 fully saturated rings. The van der Waals surface area contributed by atoms with Gasteiger partial charge >= 0.3 is 0 Å². The Balaban J connectivity index is 5.29. The van der Waals surface area contributed by atoms with Crippen molar-refractivity contribution >= 4 is 5.78 Å². The summed E-state index contributed by atoms with van der Waals surface area (Å²) in [6, 6.07) is 0. The van der Waals surface area contributed by atoms with Crippen LogP contribution in [0.4, 0.5) is 0 Å². The summed E-state index contributed by atoms with van der Waals surface area (Å²) >= 11 is 0. The van der Waals surface area contributed by atoms with Gasteiger partial charge in [0.1, 0.15) is 5.60 Å². The number of hydrogen-bond acceptors (Lipinski definition) is 3. The fraction of sp³-hybridized carbons (Fsp3) is 0.955. The normalized spacial score (nSPS) is 16.6. The molecule has 0 bridgehead atoms. The standard InChI is InChI=1S/C22H44O3/c1-13-20(8,9)16-22(12,18(2,3)4)17(23)21(10,11)25-15-14-24-19(5,6)7/h13-16H2,1-12H3. The molecule has 0 N–H and O–H groups in total. The smallest absolute Gasteiger partial charge is 0.170 e. The average Bonchev–Trinajstić information content (AvgIpc) is 2.40. The van der Waals surface area contributed by atoms with E-state index in [0.717, 1.165) is 12.8 Å². The molecule has 1 unspecified atom stereocenters.